The van der Waals surface area contributed by atoms with E-state index in [1.807, 2.05) is 0 Å². The molecule has 0 spiro atoms. The van der Waals surface area contributed by atoms with Crippen molar-refractivity contribution in [2.24, 2.45) is 0 Å². The molecule has 1 amide bonds. The fraction of sp³-hybridized carbons (Fsp3) is 0.150. The van der Waals surface area contributed by atoms with Crippen molar-refractivity contribution in [2.45, 2.75) is 6.10 Å². The minimum atomic E-state index is -1.36. The number of nitrogens with zero attached hydrogens (tertiary/aromatic N) is 2. The number of hydrogen-bond acceptors (Lipinski definition) is 6. The van der Waals surface area contributed by atoms with Gasteiger partial charge in [0.1, 0.15) is 12.4 Å². The summed E-state index contributed by atoms with van der Waals surface area (Å²) in [6, 6.07) is 11.9. The van der Waals surface area contributed by atoms with E-state index >= 15 is 0 Å². The van der Waals surface area contributed by atoms with E-state index in [1.54, 1.807) is 24.3 Å². The summed E-state index contributed by atoms with van der Waals surface area (Å²) in [7, 11) is 1.30. The van der Waals surface area contributed by atoms with Crippen molar-refractivity contribution in [1.29, 1.82) is 0 Å². The molecule has 0 saturated carbocycles. The fourth-order valence-electron chi connectivity index (χ4n) is 3.00. The van der Waals surface area contributed by atoms with Gasteiger partial charge in [-0.15, -0.1) is 0 Å². The van der Waals surface area contributed by atoms with E-state index in [1.165, 1.54) is 31.4 Å². The zero-order valence-corrected chi connectivity index (χ0v) is 15.7. The Bertz CT molecular complexity index is 1110. The predicted octanol–water partition coefficient (Wildman–Crippen LogP) is 2.50. The van der Waals surface area contributed by atoms with Crippen molar-refractivity contribution < 1.29 is 33.3 Å². The number of hydrogen-bond donors (Lipinski definition) is 2. The first-order chi connectivity index (χ1) is 14.5. The average Bonchev–Trinajstić information content (AvgIpc) is 3.12. The number of anilines is 1. The SMILES string of the molecule is COc1nc(NC(=O)C2COc3ccccc3O2)c(C(=O)O)n1-c1ccc(F)cc1. The third-order valence-electron chi connectivity index (χ3n) is 4.36. The molecule has 2 N–H and O–H groups in total. The van der Waals surface area contributed by atoms with Crippen LogP contribution < -0.4 is 19.5 Å². The van der Waals surface area contributed by atoms with Crippen LogP contribution in [-0.4, -0.2) is 46.4 Å². The van der Waals surface area contributed by atoms with Crippen LogP contribution >= 0.6 is 0 Å². The largest absolute Gasteiger partial charge is 0.485 e. The van der Waals surface area contributed by atoms with Gasteiger partial charge >= 0.3 is 12.0 Å². The molecule has 1 aliphatic rings. The van der Waals surface area contributed by atoms with Crippen molar-refractivity contribution in [1.82, 2.24) is 9.55 Å². The number of methoxy groups -OCH3 is 1. The molecule has 1 unspecified atom stereocenters. The smallest absolute Gasteiger partial charge is 0.356 e. The number of fused-ring (bicyclic) bond motifs is 1. The molecule has 9 nitrogen and oxygen atoms in total. The molecule has 0 radical (unpaired) electrons. The van der Waals surface area contributed by atoms with Crippen LogP contribution in [-0.2, 0) is 4.79 Å². The van der Waals surface area contributed by atoms with Crippen LogP contribution in [0, 0.1) is 5.82 Å². The maximum atomic E-state index is 13.3. The summed E-state index contributed by atoms with van der Waals surface area (Å²) in [4.78, 5) is 28.7. The second-order valence-electron chi connectivity index (χ2n) is 6.27. The van der Waals surface area contributed by atoms with Gasteiger partial charge in [0.2, 0.25) is 6.10 Å². The Hall–Kier alpha value is -4.08. The Balaban J connectivity index is 1.65. The number of carbonyl (C=O) groups excluding carboxylic acids is 1. The number of carboxylic acids is 1. The van der Waals surface area contributed by atoms with Crippen LogP contribution in [0.2, 0.25) is 0 Å². The maximum Gasteiger partial charge on any atom is 0.356 e. The maximum absolute atomic E-state index is 13.3. The van der Waals surface area contributed by atoms with E-state index in [0.29, 0.717) is 17.2 Å². The molecular weight excluding hydrogens is 397 g/mol. The third-order valence-corrected chi connectivity index (χ3v) is 4.36. The van der Waals surface area contributed by atoms with Crippen molar-refractivity contribution in [3.05, 3.63) is 60.0 Å². The zero-order valence-electron chi connectivity index (χ0n) is 15.7. The highest BCUT2D eigenvalue weighted by Gasteiger charge is 2.31. The summed E-state index contributed by atoms with van der Waals surface area (Å²) in [6.07, 6.45) is -1.01. The number of rotatable bonds is 5. The molecule has 0 bridgehead atoms. The monoisotopic (exact) mass is 413 g/mol. The molecule has 10 heteroatoms. The minimum absolute atomic E-state index is 0.0545. The van der Waals surface area contributed by atoms with Crippen molar-refractivity contribution in [3.63, 3.8) is 0 Å². The molecular formula is C20H16FN3O6. The number of nitrogens with one attached hydrogen (secondary N) is 1. The number of aromatic carboxylic acids is 1. The van der Waals surface area contributed by atoms with Gasteiger partial charge in [-0.05, 0) is 36.4 Å². The van der Waals surface area contributed by atoms with Crippen LogP contribution in [0.15, 0.2) is 48.5 Å². The number of amides is 1. The van der Waals surface area contributed by atoms with Crippen LogP contribution in [0.4, 0.5) is 10.2 Å². The van der Waals surface area contributed by atoms with Crippen LogP contribution in [0.25, 0.3) is 5.69 Å². The molecule has 0 aliphatic carbocycles. The predicted molar refractivity (Wildman–Crippen MR) is 102 cm³/mol. The minimum Gasteiger partial charge on any atom is -0.485 e. The molecule has 154 valence electrons. The first-order valence-corrected chi connectivity index (χ1v) is 8.83. The number of benzene rings is 2. The Labute approximate surface area is 169 Å². The average molecular weight is 413 g/mol. The topological polar surface area (TPSA) is 112 Å². The first-order valence-electron chi connectivity index (χ1n) is 8.83. The summed E-state index contributed by atoms with van der Waals surface area (Å²) in [5.41, 5.74) is -0.0613. The van der Waals surface area contributed by atoms with Gasteiger partial charge in [-0.1, -0.05) is 12.1 Å². The molecule has 0 fully saturated rings. The van der Waals surface area contributed by atoms with Gasteiger partial charge in [0, 0.05) is 0 Å². The fourth-order valence-corrected chi connectivity index (χ4v) is 3.00. The van der Waals surface area contributed by atoms with E-state index < -0.39 is 23.8 Å². The quantitative estimate of drug-likeness (QED) is 0.661. The molecule has 0 saturated heterocycles. The standard InChI is InChI=1S/C20H16FN3O6/c1-28-20-23-17(16(19(26)27)24(20)12-8-6-11(21)7-9-12)22-18(25)15-10-29-13-4-2-3-5-14(13)30-15/h2-9,15H,10H2,1H3,(H,22,25)(H,26,27). The second-order valence-corrected chi connectivity index (χ2v) is 6.27. The van der Waals surface area contributed by atoms with E-state index in [4.69, 9.17) is 14.2 Å². The first kappa shape index (κ1) is 19.2. The van der Waals surface area contributed by atoms with Crippen molar-refractivity contribution in [3.8, 4) is 23.2 Å². The normalized spacial score (nSPS) is 14.8. The molecule has 30 heavy (non-hydrogen) atoms. The number of para-hydroxylation sites is 2. The number of aromatic nitrogens is 2. The Morgan fingerprint density at radius 2 is 1.90 bits per heavy atom. The molecule has 1 aromatic heterocycles. The van der Waals surface area contributed by atoms with Crippen LogP contribution in [0.1, 0.15) is 10.5 Å². The molecule has 1 aliphatic heterocycles. The van der Waals surface area contributed by atoms with Gasteiger partial charge in [0.15, 0.2) is 23.0 Å². The lowest BCUT2D eigenvalue weighted by Gasteiger charge is -2.25. The lowest BCUT2D eigenvalue weighted by molar-refractivity contribution is -0.125. The van der Waals surface area contributed by atoms with Crippen LogP contribution in [0.5, 0.6) is 17.5 Å². The Kier molecular flexibility index (Phi) is 4.97. The number of carboxylic acid groups (broad SMARTS) is 1. The lowest BCUT2D eigenvalue weighted by Crippen LogP contribution is -2.40. The van der Waals surface area contributed by atoms with E-state index in [2.05, 4.69) is 10.3 Å². The van der Waals surface area contributed by atoms with Crippen molar-refractivity contribution in [2.75, 3.05) is 19.0 Å². The molecule has 1 atom stereocenters. The third kappa shape index (κ3) is 3.50. The van der Waals surface area contributed by atoms with Gasteiger partial charge in [-0.25, -0.2) is 9.18 Å². The summed E-state index contributed by atoms with van der Waals surface area (Å²) >= 11 is 0. The highest BCUT2D eigenvalue weighted by Crippen LogP contribution is 2.32. The summed E-state index contributed by atoms with van der Waals surface area (Å²) in [5.74, 6) is -1.82. The molecule has 3 aromatic rings. The highest BCUT2D eigenvalue weighted by molar-refractivity contribution is 6.00. The highest BCUT2D eigenvalue weighted by atomic mass is 19.1. The summed E-state index contributed by atoms with van der Waals surface area (Å²) in [5, 5.41) is 12.2. The Morgan fingerprint density at radius 1 is 1.20 bits per heavy atom. The van der Waals surface area contributed by atoms with Gasteiger partial charge in [-0.3, -0.25) is 9.36 Å². The van der Waals surface area contributed by atoms with Crippen molar-refractivity contribution >= 4 is 17.7 Å². The molecule has 4 rings (SSSR count). The van der Waals surface area contributed by atoms with Gasteiger partial charge in [0.05, 0.1) is 12.8 Å². The number of imidazole rings is 1. The number of halogens is 1. The molecule has 2 aromatic carbocycles. The van der Waals surface area contributed by atoms with Crippen LogP contribution in [0.3, 0.4) is 0 Å². The lowest BCUT2D eigenvalue weighted by atomic mass is 10.2. The number of ether oxygens (including phenoxy) is 3. The number of carbonyl (C=O) groups is 2. The zero-order chi connectivity index (χ0) is 21.3. The van der Waals surface area contributed by atoms with Gasteiger partial charge < -0.3 is 24.6 Å². The summed E-state index contributed by atoms with van der Waals surface area (Å²) < 4.78 is 30.7. The Morgan fingerprint density at radius 3 is 2.57 bits per heavy atom. The van der Waals surface area contributed by atoms with Gasteiger partial charge in [-0.2, -0.15) is 4.98 Å². The molecule has 2 heterocycles. The van der Waals surface area contributed by atoms with E-state index in [-0.39, 0.29) is 24.1 Å². The van der Waals surface area contributed by atoms with E-state index in [9.17, 15) is 19.1 Å². The van der Waals surface area contributed by atoms with Gasteiger partial charge in [0.25, 0.3) is 5.91 Å². The summed E-state index contributed by atoms with van der Waals surface area (Å²) in [6.45, 7) is -0.0545. The van der Waals surface area contributed by atoms with E-state index in [0.717, 1.165) is 4.57 Å². The second kappa shape index (κ2) is 7.74.